The molecule has 122 valence electrons. The predicted octanol–water partition coefficient (Wildman–Crippen LogP) is 2.16. The maximum atomic E-state index is 12.2. The molecule has 7 nitrogen and oxygen atoms in total. The van der Waals surface area contributed by atoms with E-state index in [-0.39, 0.29) is 11.6 Å². The Morgan fingerprint density at radius 2 is 2.04 bits per heavy atom. The van der Waals surface area contributed by atoms with Crippen molar-refractivity contribution in [2.24, 2.45) is 0 Å². The monoisotopic (exact) mass is 317 g/mol. The van der Waals surface area contributed by atoms with Gasteiger partial charge >= 0.3 is 0 Å². The molecule has 0 radical (unpaired) electrons. The summed E-state index contributed by atoms with van der Waals surface area (Å²) in [6, 6.07) is 8.83. The summed E-state index contributed by atoms with van der Waals surface area (Å²) in [7, 11) is 0. The van der Waals surface area contributed by atoms with Gasteiger partial charge in [-0.25, -0.2) is 0 Å². The van der Waals surface area contributed by atoms with Gasteiger partial charge in [-0.05, 0) is 31.2 Å². The molecule has 0 unspecified atom stereocenters. The molecule has 0 spiro atoms. The van der Waals surface area contributed by atoms with Gasteiger partial charge in [0.2, 0.25) is 5.88 Å². The van der Waals surface area contributed by atoms with Crippen LogP contribution in [0.3, 0.4) is 0 Å². The molecule has 0 saturated carbocycles. The van der Waals surface area contributed by atoms with Gasteiger partial charge in [-0.2, -0.15) is 0 Å². The highest BCUT2D eigenvalue weighted by Gasteiger charge is 2.19. The fourth-order valence-corrected chi connectivity index (χ4v) is 2.30. The number of hydrogen-bond acceptors (Lipinski definition) is 6. The molecule has 3 rings (SSSR count). The average molecular weight is 317 g/mol. The third-order valence-corrected chi connectivity index (χ3v) is 3.48. The zero-order valence-corrected chi connectivity index (χ0v) is 12.9. The number of benzene rings is 1. The van der Waals surface area contributed by atoms with Gasteiger partial charge in [0.25, 0.3) is 5.91 Å². The number of nitrogens with one attached hydrogen (secondary N) is 1. The van der Waals surface area contributed by atoms with E-state index in [9.17, 15) is 4.79 Å². The molecule has 0 aliphatic carbocycles. The Bertz CT molecular complexity index is 648. The lowest BCUT2D eigenvalue weighted by Gasteiger charge is -2.25. The molecule has 1 fully saturated rings. The number of hydrogen-bond donors (Lipinski definition) is 1. The molecular weight excluding hydrogens is 298 g/mol. The first-order chi connectivity index (χ1) is 11.3. The van der Waals surface area contributed by atoms with Crippen molar-refractivity contribution in [1.29, 1.82) is 0 Å². The summed E-state index contributed by atoms with van der Waals surface area (Å²) in [6.07, 6.45) is 0. The standard InChI is InChI=1S/C16H19N3O4/c1-2-22-13-5-3-12(4-6-13)17-16(20)14-11-15(23-18-14)19-7-9-21-10-8-19/h3-6,11H,2,7-10H2,1H3,(H,17,20). The molecular formula is C16H19N3O4. The molecule has 2 heterocycles. The fourth-order valence-electron chi connectivity index (χ4n) is 2.30. The molecule has 2 aromatic rings. The lowest BCUT2D eigenvalue weighted by molar-refractivity contribution is 0.101. The lowest BCUT2D eigenvalue weighted by Crippen LogP contribution is -2.35. The molecule has 23 heavy (non-hydrogen) atoms. The highest BCUT2D eigenvalue weighted by molar-refractivity contribution is 6.03. The number of carbonyl (C=O) groups is 1. The Balaban J connectivity index is 1.62. The minimum atomic E-state index is -0.308. The summed E-state index contributed by atoms with van der Waals surface area (Å²) in [4.78, 5) is 14.2. The summed E-state index contributed by atoms with van der Waals surface area (Å²) in [5.74, 6) is 1.05. The van der Waals surface area contributed by atoms with Gasteiger partial charge in [-0.3, -0.25) is 4.79 Å². The van der Waals surface area contributed by atoms with E-state index in [1.54, 1.807) is 30.3 Å². The number of rotatable bonds is 5. The van der Waals surface area contributed by atoms with Gasteiger partial charge in [0, 0.05) is 24.8 Å². The first-order valence-electron chi connectivity index (χ1n) is 7.60. The van der Waals surface area contributed by atoms with E-state index in [0.717, 1.165) is 18.8 Å². The second-order valence-electron chi connectivity index (χ2n) is 5.06. The van der Waals surface area contributed by atoms with E-state index in [0.29, 0.717) is 31.4 Å². The minimum Gasteiger partial charge on any atom is -0.494 e. The van der Waals surface area contributed by atoms with Gasteiger partial charge < -0.3 is 24.2 Å². The van der Waals surface area contributed by atoms with Crippen molar-refractivity contribution < 1.29 is 18.8 Å². The van der Waals surface area contributed by atoms with Crippen LogP contribution in [0.2, 0.25) is 0 Å². The number of morpholine rings is 1. The predicted molar refractivity (Wildman–Crippen MR) is 85.1 cm³/mol. The second kappa shape index (κ2) is 7.15. The van der Waals surface area contributed by atoms with Crippen molar-refractivity contribution in [3.05, 3.63) is 36.0 Å². The third-order valence-electron chi connectivity index (χ3n) is 3.48. The molecule has 0 bridgehead atoms. The largest absolute Gasteiger partial charge is 0.494 e. The topological polar surface area (TPSA) is 76.8 Å². The van der Waals surface area contributed by atoms with Crippen molar-refractivity contribution in [2.75, 3.05) is 43.1 Å². The molecule has 1 aliphatic heterocycles. The average Bonchev–Trinajstić information content (AvgIpc) is 3.08. The van der Waals surface area contributed by atoms with Gasteiger partial charge in [-0.15, -0.1) is 0 Å². The van der Waals surface area contributed by atoms with Crippen molar-refractivity contribution in [3.63, 3.8) is 0 Å². The number of amides is 1. The molecule has 1 amide bonds. The third kappa shape index (κ3) is 3.81. The quantitative estimate of drug-likeness (QED) is 0.910. The van der Waals surface area contributed by atoms with E-state index in [2.05, 4.69) is 10.5 Å². The Labute approximate surface area is 134 Å². The van der Waals surface area contributed by atoms with Gasteiger partial charge in [0.15, 0.2) is 5.69 Å². The van der Waals surface area contributed by atoms with E-state index in [1.165, 1.54) is 0 Å². The van der Waals surface area contributed by atoms with Crippen LogP contribution < -0.4 is 15.0 Å². The van der Waals surface area contributed by atoms with Crippen molar-refractivity contribution >= 4 is 17.5 Å². The molecule has 1 aromatic carbocycles. The van der Waals surface area contributed by atoms with Gasteiger partial charge in [0.1, 0.15) is 5.75 Å². The Kier molecular flexibility index (Phi) is 4.77. The van der Waals surface area contributed by atoms with Crippen LogP contribution in [0.4, 0.5) is 11.6 Å². The summed E-state index contributed by atoms with van der Waals surface area (Å²) >= 11 is 0. The van der Waals surface area contributed by atoms with Crippen molar-refractivity contribution in [1.82, 2.24) is 5.16 Å². The van der Waals surface area contributed by atoms with E-state index in [4.69, 9.17) is 14.0 Å². The van der Waals surface area contributed by atoms with Crippen LogP contribution in [0.15, 0.2) is 34.9 Å². The summed E-state index contributed by atoms with van der Waals surface area (Å²) < 4.78 is 15.9. The molecule has 0 atom stereocenters. The highest BCUT2D eigenvalue weighted by Crippen LogP contribution is 2.19. The van der Waals surface area contributed by atoms with Crippen molar-refractivity contribution in [2.45, 2.75) is 6.92 Å². The summed E-state index contributed by atoms with van der Waals surface area (Å²) in [5.41, 5.74) is 0.926. The number of carbonyl (C=O) groups excluding carboxylic acids is 1. The number of ether oxygens (including phenoxy) is 2. The molecule has 1 aliphatic rings. The summed E-state index contributed by atoms with van der Waals surface area (Å²) in [5, 5.41) is 6.62. The van der Waals surface area contributed by atoms with Gasteiger partial charge in [0.05, 0.1) is 19.8 Å². The zero-order valence-electron chi connectivity index (χ0n) is 12.9. The number of aromatic nitrogens is 1. The van der Waals surface area contributed by atoms with Crippen LogP contribution in [0.5, 0.6) is 5.75 Å². The van der Waals surface area contributed by atoms with Crippen LogP contribution in [0, 0.1) is 0 Å². The lowest BCUT2D eigenvalue weighted by atomic mass is 10.3. The first kappa shape index (κ1) is 15.4. The molecule has 1 N–H and O–H groups in total. The second-order valence-corrected chi connectivity index (χ2v) is 5.06. The van der Waals surface area contributed by atoms with E-state index in [1.807, 2.05) is 11.8 Å². The van der Waals surface area contributed by atoms with E-state index >= 15 is 0 Å². The maximum absolute atomic E-state index is 12.2. The minimum absolute atomic E-state index is 0.250. The normalized spacial score (nSPS) is 14.6. The van der Waals surface area contributed by atoms with Crippen LogP contribution in [-0.2, 0) is 4.74 Å². The number of anilines is 2. The Morgan fingerprint density at radius 1 is 1.30 bits per heavy atom. The maximum Gasteiger partial charge on any atom is 0.277 e. The first-order valence-corrected chi connectivity index (χ1v) is 7.60. The van der Waals surface area contributed by atoms with Crippen LogP contribution in [-0.4, -0.2) is 44.0 Å². The van der Waals surface area contributed by atoms with Crippen LogP contribution in [0.1, 0.15) is 17.4 Å². The molecule has 1 saturated heterocycles. The van der Waals surface area contributed by atoms with Gasteiger partial charge in [-0.1, -0.05) is 5.16 Å². The zero-order chi connectivity index (χ0) is 16.1. The highest BCUT2D eigenvalue weighted by atomic mass is 16.5. The summed E-state index contributed by atoms with van der Waals surface area (Å²) in [6.45, 7) is 5.29. The Morgan fingerprint density at radius 3 is 2.74 bits per heavy atom. The van der Waals surface area contributed by atoms with Crippen molar-refractivity contribution in [3.8, 4) is 5.75 Å². The smallest absolute Gasteiger partial charge is 0.277 e. The Hall–Kier alpha value is -2.54. The van der Waals surface area contributed by atoms with Crippen LogP contribution >= 0.6 is 0 Å². The molecule has 1 aromatic heterocycles. The fraction of sp³-hybridized carbons (Fsp3) is 0.375. The SMILES string of the molecule is CCOc1ccc(NC(=O)c2cc(N3CCOCC3)on2)cc1. The van der Waals surface area contributed by atoms with E-state index < -0.39 is 0 Å². The number of nitrogens with zero attached hydrogens (tertiary/aromatic N) is 2. The molecule has 7 heteroatoms. The van der Waals surface area contributed by atoms with Crippen LogP contribution in [0.25, 0.3) is 0 Å².